The van der Waals surface area contributed by atoms with Gasteiger partial charge in [-0.2, -0.15) is 5.10 Å². The molecule has 0 saturated heterocycles. The first-order valence-electron chi connectivity index (χ1n) is 9.28. The van der Waals surface area contributed by atoms with Gasteiger partial charge in [0.1, 0.15) is 10.9 Å². The van der Waals surface area contributed by atoms with Gasteiger partial charge in [0.25, 0.3) is 5.91 Å². The summed E-state index contributed by atoms with van der Waals surface area (Å²) in [6.45, 7) is 4.66. The third-order valence-corrected chi connectivity index (χ3v) is 5.44. The lowest BCUT2D eigenvalue weighted by Gasteiger charge is -2.10. The first kappa shape index (κ1) is 21.2. The van der Waals surface area contributed by atoms with Crippen molar-refractivity contribution in [2.24, 2.45) is 0 Å². The molecular weight excluding hydrogens is 409 g/mol. The molecule has 29 heavy (non-hydrogen) atoms. The molecule has 3 rings (SSSR count). The van der Waals surface area contributed by atoms with Crippen molar-refractivity contribution in [3.8, 4) is 5.75 Å². The number of halogens is 2. The molecule has 1 aromatic heterocycles. The van der Waals surface area contributed by atoms with E-state index in [1.807, 2.05) is 43.3 Å². The predicted octanol–water partition coefficient (Wildman–Crippen LogP) is 4.84. The van der Waals surface area contributed by atoms with Gasteiger partial charge in [-0.05, 0) is 43.5 Å². The highest BCUT2D eigenvalue weighted by Crippen LogP contribution is 2.24. The number of nitrogens with one attached hydrogen (secondary N) is 1. The number of nitrogens with zero attached hydrogens (tertiary/aromatic N) is 2. The lowest BCUT2D eigenvalue weighted by Crippen LogP contribution is -2.26. The third kappa shape index (κ3) is 4.92. The van der Waals surface area contributed by atoms with Crippen LogP contribution in [0.3, 0.4) is 0 Å². The molecule has 1 heterocycles. The predicted molar refractivity (Wildman–Crippen MR) is 116 cm³/mol. The van der Waals surface area contributed by atoms with E-state index < -0.39 is 0 Å². The number of benzene rings is 2. The Kier molecular flexibility index (Phi) is 6.83. The van der Waals surface area contributed by atoms with Crippen molar-refractivity contribution in [1.82, 2.24) is 15.1 Å². The summed E-state index contributed by atoms with van der Waals surface area (Å²) in [6.07, 6.45) is 0.654. The summed E-state index contributed by atoms with van der Waals surface area (Å²) in [4.78, 5) is 12.7. The summed E-state index contributed by atoms with van der Waals surface area (Å²) in [5, 5.41) is 8.28. The highest BCUT2D eigenvalue weighted by atomic mass is 35.5. The maximum Gasteiger partial charge on any atom is 0.256 e. The fourth-order valence-electron chi connectivity index (χ4n) is 3.21. The highest BCUT2D eigenvalue weighted by molar-refractivity contribution is 6.33. The molecule has 1 amide bonds. The average molecular weight is 432 g/mol. The van der Waals surface area contributed by atoms with E-state index in [0.29, 0.717) is 40.9 Å². The van der Waals surface area contributed by atoms with Crippen molar-refractivity contribution in [2.75, 3.05) is 13.7 Å². The minimum Gasteiger partial charge on any atom is -0.496 e. The summed E-state index contributed by atoms with van der Waals surface area (Å²) in [7, 11) is 1.64. The Hall–Kier alpha value is -2.50. The number of aromatic nitrogens is 2. The first-order chi connectivity index (χ1) is 13.9. The second-order valence-electron chi connectivity index (χ2n) is 6.82. The van der Waals surface area contributed by atoms with Gasteiger partial charge in [0.05, 0.1) is 24.9 Å². The quantitative estimate of drug-likeness (QED) is 0.582. The van der Waals surface area contributed by atoms with Gasteiger partial charge >= 0.3 is 0 Å². The van der Waals surface area contributed by atoms with Crippen LogP contribution in [0.25, 0.3) is 0 Å². The number of rotatable bonds is 7. The first-order valence-corrected chi connectivity index (χ1v) is 10.0. The van der Waals surface area contributed by atoms with Gasteiger partial charge in [-0.3, -0.25) is 4.79 Å². The largest absolute Gasteiger partial charge is 0.496 e. The highest BCUT2D eigenvalue weighted by Gasteiger charge is 2.20. The molecule has 0 fully saturated rings. The van der Waals surface area contributed by atoms with Crippen LogP contribution in [0, 0.1) is 13.8 Å². The summed E-state index contributed by atoms with van der Waals surface area (Å²) < 4.78 is 6.99. The second kappa shape index (κ2) is 9.33. The number of carbonyl (C=O) groups excluding carboxylic acids is 1. The van der Waals surface area contributed by atoms with Crippen LogP contribution >= 0.6 is 23.2 Å². The van der Waals surface area contributed by atoms with Gasteiger partial charge < -0.3 is 10.1 Å². The molecule has 0 aliphatic rings. The van der Waals surface area contributed by atoms with Crippen molar-refractivity contribution in [3.05, 3.63) is 80.6 Å². The van der Waals surface area contributed by atoms with Crippen molar-refractivity contribution < 1.29 is 9.53 Å². The Balaban J connectivity index is 1.69. The average Bonchev–Trinajstić information content (AvgIpc) is 2.97. The zero-order chi connectivity index (χ0) is 21.0. The zero-order valence-corrected chi connectivity index (χ0v) is 18.1. The van der Waals surface area contributed by atoms with E-state index in [1.54, 1.807) is 18.7 Å². The van der Waals surface area contributed by atoms with Crippen LogP contribution in [-0.4, -0.2) is 29.3 Å². The van der Waals surface area contributed by atoms with Gasteiger partial charge in [-0.25, -0.2) is 4.68 Å². The molecule has 3 aromatic rings. The monoisotopic (exact) mass is 431 g/mol. The van der Waals surface area contributed by atoms with Crippen molar-refractivity contribution in [3.63, 3.8) is 0 Å². The van der Waals surface area contributed by atoms with Crippen molar-refractivity contribution >= 4 is 29.1 Å². The summed E-state index contributed by atoms with van der Waals surface area (Å²) in [5.41, 5.74) is 4.04. The molecule has 5 nitrogen and oxygen atoms in total. The molecular formula is C22H23Cl2N3O2. The third-order valence-electron chi connectivity index (χ3n) is 4.69. The molecule has 0 unspecified atom stereocenters. The summed E-state index contributed by atoms with van der Waals surface area (Å²) in [5.74, 6) is 0.566. The summed E-state index contributed by atoms with van der Waals surface area (Å²) in [6, 6.07) is 13.5. The van der Waals surface area contributed by atoms with Crippen LogP contribution in [0.4, 0.5) is 0 Å². The van der Waals surface area contributed by atoms with Crippen LogP contribution < -0.4 is 10.1 Å². The lowest BCUT2D eigenvalue weighted by atomic mass is 10.1. The van der Waals surface area contributed by atoms with Gasteiger partial charge in [-0.15, -0.1) is 0 Å². The smallest absolute Gasteiger partial charge is 0.256 e. The van der Waals surface area contributed by atoms with Crippen LogP contribution in [0.2, 0.25) is 10.2 Å². The fourth-order valence-corrected chi connectivity index (χ4v) is 3.72. The molecule has 0 bridgehead atoms. The van der Waals surface area contributed by atoms with Crippen LogP contribution in [-0.2, 0) is 13.0 Å². The Morgan fingerprint density at radius 3 is 2.62 bits per heavy atom. The number of carbonyl (C=O) groups is 1. The Bertz CT molecular complexity index is 1030. The van der Waals surface area contributed by atoms with E-state index >= 15 is 0 Å². The van der Waals surface area contributed by atoms with Gasteiger partial charge in [0, 0.05) is 11.6 Å². The SMILES string of the molecule is COc1ccc(C)cc1CCNC(=O)c1c(C)nn(Cc2ccccc2Cl)c1Cl. The number of amides is 1. The minimum atomic E-state index is -0.246. The second-order valence-corrected chi connectivity index (χ2v) is 7.59. The maximum atomic E-state index is 12.7. The lowest BCUT2D eigenvalue weighted by molar-refractivity contribution is 0.0953. The summed E-state index contributed by atoms with van der Waals surface area (Å²) >= 11 is 12.7. The number of ether oxygens (including phenoxy) is 1. The molecule has 0 atom stereocenters. The fraction of sp³-hybridized carbons (Fsp3) is 0.273. The molecule has 7 heteroatoms. The van der Waals surface area contributed by atoms with Gasteiger partial charge in [0.2, 0.25) is 0 Å². The van der Waals surface area contributed by atoms with Crippen LogP contribution in [0.15, 0.2) is 42.5 Å². The molecule has 0 radical (unpaired) electrons. The molecule has 2 aromatic carbocycles. The molecule has 0 aliphatic heterocycles. The van der Waals surface area contributed by atoms with Crippen LogP contribution in [0.1, 0.15) is 32.7 Å². The number of aryl methyl sites for hydroxylation is 2. The molecule has 0 spiro atoms. The van der Waals surface area contributed by atoms with E-state index in [0.717, 1.165) is 22.4 Å². The topological polar surface area (TPSA) is 56.1 Å². The molecule has 0 saturated carbocycles. The van der Waals surface area contributed by atoms with Crippen molar-refractivity contribution in [2.45, 2.75) is 26.8 Å². The van der Waals surface area contributed by atoms with E-state index in [1.165, 1.54) is 0 Å². The zero-order valence-electron chi connectivity index (χ0n) is 16.6. The minimum absolute atomic E-state index is 0.246. The van der Waals surface area contributed by atoms with E-state index in [-0.39, 0.29) is 5.91 Å². The number of hydrogen-bond donors (Lipinski definition) is 1. The normalized spacial score (nSPS) is 10.8. The maximum absolute atomic E-state index is 12.7. The Morgan fingerprint density at radius 2 is 1.90 bits per heavy atom. The van der Waals surface area contributed by atoms with Crippen molar-refractivity contribution in [1.29, 1.82) is 0 Å². The van der Waals surface area contributed by atoms with E-state index in [4.69, 9.17) is 27.9 Å². The van der Waals surface area contributed by atoms with Gasteiger partial charge in [-0.1, -0.05) is 59.1 Å². The van der Waals surface area contributed by atoms with E-state index in [9.17, 15) is 4.79 Å². The number of hydrogen-bond acceptors (Lipinski definition) is 3. The van der Waals surface area contributed by atoms with E-state index in [2.05, 4.69) is 16.5 Å². The molecule has 1 N–H and O–H groups in total. The standard InChI is InChI=1S/C22H23Cl2N3O2/c1-14-8-9-19(29-3)16(12-14)10-11-25-22(28)20-15(2)26-27(21(20)24)13-17-6-4-5-7-18(17)23/h4-9,12H,10-11,13H2,1-3H3,(H,25,28). The Labute approximate surface area is 180 Å². The van der Waals surface area contributed by atoms with Gasteiger partial charge in [0.15, 0.2) is 0 Å². The molecule has 0 aliphatic carbocycles. The Morgan fingerprint density at radius 1 is 1.14 bits per heavy atom. The number of methoxy groups -OCH3 is 1. The molecule has 152 valence electrons. The van der Waals surface area contributed by atoms with Crippen LogP contribution in [0.5, 0.6) is 5.75 Å².